The lowest BCUT2D eigenvalue weighted by Crippen LogP contribution is -2.17. The Kier molecular flexibility index (Phi) is 4.47. The maximum absolute atomic E-state index is 12.4. The van der Waals surface area contributed by atoms with Crippen molar-refractivity contribution in [1.29, 1.82) is 0 Å². The van der Waals surface area contributed by atoms with Gasteiger partial charge in [-0.05, 0) is 32.4 Å². The van der Waals surface area contributed by atoms with E-state index in [1.807, 2.05) is 6.92 Å². The van der Waals surface area contributed by atoms with Crippen molar-refractivity contribution in [3.8, 4) is 0 Å². The van der Waals surface area contributed by atoms with Crippen molar-refractivity contribution in [3.05, 3.63) is 17.8 Å². The van der Waals surface area contributed by atoms with Gasteiger partial charge in [0.2, 0.25) is 0 Å². The molecule has 1 aromatic heterocycles. The molecule has 0 bridgehead atoms. The standard InChI is InChI=1S/C10H17N2O3P/c1-4-14-16(13,15-5-2)9-6-8(3)7-12-10(9)11/h6-7H,4-5H2,1-3H3,(H2,11,12). The van der Waals surface area contributed by atoms with Crippen LogP contribution >= 0.6 is 7.60 Å². The monoisotopic (exact) mass is 244 g/mol. The highest BCUT2D eigenvalue weighted by Gasteiger charge is 2.29. The molecule has 0 saturated carbocycles. The minimum absolute atomic E-state index is 0.191. The molecule has 5 nitrogen and oxygen atoms in total. The van der Waals surface area contributed by atoms with Crippen LogP contribution in [-0.4, -0.2) is 18.2 Å². The van der Waals surface area contributed by atoms with Gasteiger partial charge in [-0.3, -0.25) is 4.57 Å². The predicted octanol–water partition coefficient (Wildman–Crippen LogP) is 1.86. The fourth-order valence-electron chi connectivity index (χ4n) is 1.30. The first kappa shape index (κ1) is 13.2. The first-order valence-corrected chi connectivity index (χ1v) is 6.69. The van der Waals surface area contributed by atoms with E-state index < -0.39 is 7.60 Å². The highest BCUT2D eigenvalue weighted by molar-refractivity contribution is 7.62. The number of nitrogens with zero attached hydrogens (tertiary/aromatic N) is 1. The van der Waals surface area contributed by atoms with Crippen LogP contribution < -0.4 is 11.0 Å². The maximum atomic E-state index is 12.4. The lowest BCUT2D eigenvalue weighted by molar-refractivity contribution is 0.230. The molecule has 0 aliphatic carbocycles. The van der Waals surface area contributed by atoms with Crippen molar-refractivity contribution >= 4 is 18.7 Å². The van der Waals surface area contributed by atoms with Crippen LogP contribution in [0.1, 0.15) is 19.4 Å². The summed E-state index contributed by atoms with van der Waals surface area (Å²) in [5.41, 5.74) is 6.56. The fraction of sp³-hybridized carbons (Fsp3) is 0.500. The summed E-state index contributed by atoms with van der Waals surface area (Å²) >= 11 is 0. The Bertz CT molecular complexity index is 399. The van der Waals surface area contributed by atoms with Gasteiger partial charge in [0.15, 0.2) is 0 Å². The van der Waals surface area contributed by atoms with Crippen LogP contribution in [0.5, 0.6) is 0 Å². The molecule has 1 aromatic rings. The average molecular weight is 244 g/mol. The zero-order valence-corrected chi connectivity index (χ0v) is 10.7. The second-order valence-electron chi connectivity index (χ2n) is 3.25. The first-order chi connectivity index (χ1) is 7.53. The van der Waals surface area contributed by atoms with Crippen molar-refractivity contribution in [2.24, 2.45) is 0 Å². The molecule has 6 heteroatoms. The van der Waals surface area contributed by atoms with Crippen LogP contribution in [-0.2, 0) is 13.6 Å². The molecule has 0 aliphatic heterocycles. The number of anilines is 1. The summed E-state index contributed by atoms with van der Waals surface area (Å²) in [6, 6.07) is 1.69. The maximum Gasteiger partial charge on any atom is 0.365 e. The van der Waals surface area contributed by atoms with E-state index in [1.165, 1.54) is 0 Å². The van der Waals surface area contributed by atoms with Crippen LogP contribution in [0.25, 0.3) is 0 Å². The molecular weight excluding hydrogens is 227 g/mol. The number of aromatic nitrogens is 1. The molecule has 1 rings (SSSR count). The van der Waals surface area contributed by atoms with E-state index in [9.17, 15) is 4.57 Å². The van der Waals surface area contributed by atoms with Crippen LogP contribution in [0, 0.1) is 6.92 Å². The SMILES string of the molecule is CCOP(=O)(OCC)c1cc(C)cnc1N. The predicted molar refractivity (Wildman–Crippen MR) is 63.9 cm³/mol. The van der Waals surface area contributed by atoms with Gasteiger partial charge in [0.1, 0.15) is 11.1 Å². The molecule has 0 atom stereocenters. The second kappa shape index (κ2) is 5.43. The summed E-state index contributed by atoms with van der Waals surface area (Å²) in [5, 5.41) is 0.344. The Labute approximate surface area is 95.5 Å². The van der Waals surface area contributed by atoms with E-state index in [-0.39, 0.29) is 5.82 Å². The molecule has 2 N–H and O–H groups in total. The molecule has 0 unspecified atom stereocenters. The molecule has 0 aliphatic rings. The van der Waals surface area contributed by atoms with Gasteiger partial charge in [0.25, 0.3) is 0 Å². The fourth-order valence-corrected chi connectivity index (χ4v) is 3.03. The summed E-state index contributed by atoms with van der Waals surface area (Å²) in [4.78, 5) is 3.95. The highest BCUT2D eigenvalue weighted by atomic mass is 31.2. The van der Waals surface area contributed by atoms with Gasteiger partial charge in [0, 0.05) is 6.20 Å². The molecule has 0 saturated heterocycles. The average Bonchev–Trinajstić information content (AvgIpc) is 2.22. The summed E-state index contributed by atoms with van der Waals surface area (Å²) in [5.74, 6) is 0.191. The van der Waals surface area contributed by atoms with Crippen molar-refractivity contribution in [3.63, 3.8) is 0 Å². The highest BCUT2D eigenvalue weighted by Crippen LogP contribution is 2.48. The van der Waals surface area contributed by atoms with Crippen molar-refractivity contribution < 1.29 is 13.6 Å². The number of hydrogen-bond acceptors (Lipinski definition) is 5. The van der Waals surface area contributed by atoms with Gasteiger partial charge in [-0.1, -0.05) is 0 Å². The lowest BCUT2D eigenvalue weighted by atomic mass is 10.3. The first-order valence-electron chi connectivity index (χ1n) is 5.15. The molecule has 0 radical (unpaired) electrons. The Morgan fingerprint density at radius 1 is 1.38 bits per heavy atom. The van der Waals surface area contributed by atoms with Crippen LogP contribution in [0.15, 0.2) is 12.3 Å². The van der Waals surface area contributed by atoms with Gasteiger partial charge >= 0.3 is 7.60 Å². The molecule has 16 heavy (non-hydrogen) atoms. The van der Waals surface area contributed by atoms with Crippen LogP contribution in [0.4, 0.5) is 5.82 Å². The smallest absolute Gasteiger partial charge is 0.365 e. The minimum atomic E-state index is -3.32. The third-order valence-corrected chi connectivity index (χ3v) is 4.07. The van der Waals surface area contributed by atoms with Gasteiger partial charge in [-0.25, -0.2) is 4.98 Å². The molecule has 90 valence electrons. The number of rotatable bonds is 5. The van der Waals surface area contributed by atoms with E-state index in [0.717, 1.165) is 5.56 Å². The van der Waals surface area contributed by atoms with Crippen molar-refractivity contribution in [1.82, 2.24) is 4.98 Å². The Balaban J connectivity index is 3.20. The largest absolute Gasteiger partial charge is 0.383 e. The minimum Gasteiger partial charge on any atom is -0.383 e. The molecule has 0 amide bonds. The second-order valence-corrected chi connectivity index (χ2v) is 5.24. The molecule has 1 heterocycles. The third kappa shape index (κ3) is 2.82. The van der Waals surface area contributed by atoms with E-state index in [2.05, 4.69) is 4.98 Å². The molecule has 0 fully saturated rings. The van der Waals surface area contributed by atoms with E-state index in [4.69, 9.17) is 14.8 Å². The van der Waals surface area contributed by atoms with Gasteiger partial charge in [0.05, 0.1) is 13.2 Å². The van der Waals surface area contributed by atoms with E-state index in [1.54, 1.807) is 26.1 Å². The number of nitrogen functional groups attached to an aromatic ring is 1. The Morgan fingerprint density at radius 2 is 1.94 bits per heavy atom. The Morgan fingerprint density at radius 3 is 2.44 bits per heavy atom. The molecule has 0 spiro atoms. The Hall–Kier alpha value is -0.900. The summed E-state index contributed by atoms with van der Waals surface area (Å²) < 4.78 is 22.8. The van der Waals surface area contributed by atoms with Gasteiger partial charge in [-0.15, -0.1) is 0 Å². The quantitative estimate of drug-likeness (QED) is 0.800. The van der Waals surface area contributed by atoms with Crippen LogP contribution in [0.3, 0.4) is 0 Å². The number of nitrogens with two attached hydrogens (primary N) is 1. The van der Waals surface area contributed by atoms with Crippen molar-refractivity contribution in [2.75, 3.05) is 18.9 Å². The van der Waals surface area contributed by atoms with E-state index >= 15 is 0 Å². The zero-order valence-electron chi connectivity index (χ0n) is 9.77. The van der Waals surface area contributed by atoms with Gasteiger partial charge < -0.3 is 14.8 Å². The van der Waals surface area contributed by atoms with Crippen molar-refractivity contribution in [2.45, 2.75) is 20.8 Å². The number of pyridine rings is 1. The van der Waals surface area contributed by atoms with E-state index in [0.29, 0.717) is 18.5 Å². The lowest BCUT2D eigenvalue weighted by Gasteiger charge is -2.18. The normalized spacial score (nSPS) is 11.7. The number of aryl methyl sites for hydroxylation is 1. The number of hydrogen-bond donors (Lipinski definition) is 1. The van der Waals surface area contributed by atoms with Gasteiger partial charge in [-0.2, -0.15) is 0 Å². The third-order valence-electron chi connectivity index (χ3n) is 1.93. The van der Waals surface area contributed by atoms with Crippen LogP contribution in [0.2, 0.25) is 0 Å². The molecule has 0 aromatic carbocycles. The molecular formula is C10H17N2O3P. The zero-order chi connectivity index (χ0) is 12.2. The summed E-state index contributed by atoms with van der Waals surface area (Å²) in [6.45, 7) is 5.95. The summed E-state index contributed by atoms with van der Waals surface area (Å²) in [6.07, 6.45) is 1.61. The summed E-state index contributed by atoms with van der Waals surface area (Å²) in [7, 11) is -3.32. The topological polar surface area (TPSA) is 74.4 Å².